The number of hydrogen-bond acceptors (Lipinski definition) is 2. The lowest BCUT2D eigenvalue weighted by Gasteiger charge is -2.21. The van der Waals surface area contributed by atoms with E-state index in [-0.39, 0.29) is 6.04 Å². The average molecular weight is 333 g/mol. The first-order valence-electron chi connectivity index (χ1n) is 7.01. The predicted molar refractivity (Wildman–Crippen MR) is 88.0 cm³/mol. The standard InChI is InChI=1S/C17H21BrN2/c1-4-19-17(11-16-13(3)6-5-9-20-16)14-10-12(2)7-8-15(14)18/h5-10,17,19H,4,11H2,1-3H3. The number of nitrogens with zero attached hydrogens (tertiary/aromatic N) is 1. The van der Waals surface area contributed by atoms with Gasteiger partial charge in [-0.3, -0.25) is 4.98 Å². The van der Waals surface area contributed by atoms with Gasteiger partial charge in [0.05, 0.1) is 0 Å². The minimum atomic E-state index is 0.280. The molecule has 1 aromatic heterocycles. The van der Waals surface area contributed by atoms with Crippen LogP contribution in [0.4, 0.5) is 0 Å². The summed E-state index contributed by atoms with van der Waals surface area (Å²) in [5.74, 6) is 0. The van der Waals surface area contributed by atoms with E-state index >= 15 is 0 Å². The number of pyridine rings is 1. The highest BCUT2D eigenvalue weighted by molar-refractivity contribution is 9.10. The summed E-state index contributed by atoms with van der Waals surface area (Å²) in [5.41, 5.74) is 4.99. The SMILES string of the molecule is CCNC(Cc1ncccc1C)c1cc(C)ccc1Br. The summed E-state index contributed by atoms with van der Waals surface area (Å²) in [6.45, 7) is 7.33. The molecule has 0 aliphatic heterocycles. The van der Waals surface area contributed by atoms with Gasteiger partial charge in [-0.25, -0.2) is 0 Å². The molecule has 3 heteroatoms. The molecular weight excluding hydrogens is 312 g/mol. The van der Waals surface area contributed by atoms with E-state index in [0.717, 1.165) is 23.1 Å². The fraction of sp³-hybridized carbons (Fsp3) is 0.353. The number of rotatable bonds is 5. The van der Waals surface area contributed by atoms with Crippen LogP contribution in [0.2, 0.25) is 0 Å². The summed E-state index contributed by atoms with van der Waals surface area (Å²) in [4.78, 5) is 4.52. The zero-order valence-corrected chi connectivity index (χ0v) is 13.9. The molecule has 106 valence electrons. The zero-order chi connectivity index (χ0) is 14.5. The molecule has 0 aliphatic rings. The molecule has 0 aliphatic carbocycles. The smallest absolute Gasteiger partial charge is 0.0451 e. The maximum atomic E-state index is 4.52. The summed E-state index contributed by atoms with van der Waals surface area (Å²) in [6.07, 6.45) is 2.78. The fourth-order valence-electron chi connectivity index (χ4n) is 2.39. The van der Waals surface area contributed by atoms with E-state index in [2.05, 4.69) is 71.3 Å². The Labute approximate surface area is 129 Å². The second-order valence-corrected chi connectivity index (χ2v) is 5.96. The van der Waals surface area contributed by atoms with E-state index < -0.39 is 0 Å². The first-order chi connectivity index (χ1) is 9.61. The lowest BCUT2D eigenvalue weighted by molar-refractivity contribution is 0.540. The number of hydrogen-bond donors (Lipinski definition) is 1. The molecule has 1 N–H and O–H groups in total. The van der Waals surface area contributed by atoms with Crippen LogP contribution >= 0.6 is 15.9 Å². The van der Waals surface area contributed by atoms with Crippen molar-refractivity contribution in [1.82, 2.24) is 10.3 Å². The molecule has 0 radical (unpaired) electrons. The number of benzene rings is 1. The van der Waals surface area contributed by atoms with E-state index in [4.69, 9.17) is 0 Å². The van der Waals surface area contributed by atoms with Gasteiger partial charge < -0.3 is 5.32 Å². The Morgan fingerprint density at radius 1 is 1.25 bits per heavy atom. The predicted octanol–water partition coefficient (Wildman–Crippen LogP) is 4.35. The van der Waals surface area contributed by atoms with E-state index in [1.807, 2.05) is 12.3 Å². The van der Waals surface area contributed by atoms with Crippen LogP contribution in [0, 0.1) is 13.8 Å². The third-order valence-corrected chi connectivity index (χ3v) is 4.21. The Morgan fingerprint density at radius 3 is 2.75 bits per heavy atom. The van der Waals surface area contributed by atoms with Crippen LogP contribution in [0.15, 0.2) is 41.0 Å². The monoisotopic (exact) mass is 332 g/mol. The van der Waals surface area contributed by atoms with Crippen LogP contribution in [0.5, 0.6) is 0 Å². The molecule has 2 rings (SSSR count). The van der Waals surface area contributed by atoms with Crippen molar-refractivity contribution in [2.45, 2.75) is 33.2 Å². The molecule has 0 amide bonds. The molecule has 1 heterocycles. The van der Waals surface area contributed by atoms with E-state index in [1.54, 1.807) is 0 Å². The van der Waals surface area contributed by atoms with E-state index in [0.29, 0.717) is 0 Å². The van der Waals surface area contributed by atoms with Crippen LogP contribution < -0.4 is 5.32 Å². The van der Waals surface area contributed by atoms with Crippen LogP contribution in [0.25, 0.3) is 0 Å². The molecule has 2 aromatic rings. The van der Waals surface area contributed by atoms with Crippen molar-refractivity contribution in [2.24, 2.45) is 0 Å². The van der Waals surface area contributed by atoms with Crippen LogP contribution in [0.1, 0.15) is 35.3 Å². The minimum Gasteiger partial charge on any atom is -0.310 e. The molecule has 0 bridgehead atoms. The Bertz CT molecular complexity index is 581. The Morgan fingerprint density at radius 2 is 2.05 bits per heavy atom. The first-order valence-corrected chi connectivity index (χ1v) is 7.81. The van der Waals surface area contributed by atoms with Crippen molar-refractivity contribution in [3.8, 4) is 0 Å². The molecule has 0 spiro atoms. The number of nitrogens with one attached hydrogen (secondary N) is 1. The average Bonchev–Trinajstić information content (AvgIpc) is 2.43. The highest BCUT2D eigenvalue weighted by atomic mass is 79.9. The van der Waals surface area contributed by atoms with Crippen molar-refractivity contribution >= 4 is 15.9 Å². The van der Waals surface area contributed by atoms with Crippen molar-refractivity contribution in [2.75, 3.05) is 6.54 Å². The Balaban J connectivity index is 2.32. The largest absolute Gasteiger partial charge is 0.310 e. The second kappa shape index (κ2) is 7.00. The zero-order valence-electron chi connectivity index (χ0n) is 12.3. The Kier molecular flexibility index (Phi) is 5.32. The topological polar surface area (TPSA) is 24.9 Å². The van der Waals surface area contributed by atoms with Gasteiger partial charge in [0, 0.05) is 28.8 Å². The highest BCUT2D eigenvalue weighted by Crippen LogP contribution is 2.27. The van der Waals surface area contributed by atoms with Gasteiger partial charge in [-0.1, -0.05) is 46.6 Å². The van der Waals surface area contributed by atoms with Gasteiger partial charge in [0.15, 0.2) is 0 Å². The van der Waals surface area contributed by atoms with Crippen molar-refractivity contribution < 1.29 is 0 Å². The van der Waals surface area contributed by atoms with Crippen LogP contribution in [-0.2, 0) is 6.42 Å². The summed E-state index contributed by atoms with van der Waals surface area (Å²) in [5, 5.41) is 3.57. The number of likely N-dealkylation sites (N-methyl/N-ethyl adjacent to an activating group) is 1. The number of aryl methyl sites for hydroxylation is 2. The highest BCUT2D eigenvalue weighted by Gasteiger charge is 2.16. The lowest BCUT2D eigenvalue weighted by atomic mass is 9.98. The van der Waals surface area contributed by atoms with E-state index in [9.17, 15) is 0 Å². The normalized spacial score (nSPS) is 12.4. The fourth-order valence-corrected chi connectivity index (χ4v) is 2.92. The molecule has 0 fully saturated rings. The third-order valence-electron chi connectivity index (χ3n) is 3.49. The van der Waals surface area contributed by atoms with E-state index in [1.165, 1.54) is 16.7 Å². The van der Waals surface area contributed by atoms with Gasteiger partial charge in [0.2, 0.25) is 0 Å². The lowest BCUT2D eigenvalue weighted by Crippen LogP contribution is -2.24. The van der Waals surface area contributed by atoms with Crippen molar-refractivity contribution in [3.05, 3.63) is 63.4 Å². The first kappa shape index (κ1) is 15.2. The molecule has 1 aromatic carbocycles. The maximum Gasteiger partial charge on any atom is 0.0451 e. The molecule has 20 heavy (non-hydrogen) atoms. The second-order valence-electron chi connectivity index (χ2n) is 5.11. The third kappa shape index (κ3) is 3.68. The van der Waals surface area contributed by atoms with Gasteiger partial charge in [-0.15, -0.1) is 0 Å². The van der Waals surface area contributed by atoms with Gasteiger partial charge in [-0.05, 0) is 43.7 Å². The Hall–Kier alpha value is -1.19. The number of halogens is 1. The van der Waals surface area contributed by atoms with Crippen LogP contribution in [-0.4, -0.2) is 11.5 Å². The minimum absolute atomic E-state index is 0.280. The number of aromatic nitrogens is 1. The molecular formula is C17H21BrN2. The maximum absolute atomic E-state index is 4.52. The summed E-state index contributed by atoms with van der Waals surface area (Å²) in [7, 11) is 0. The molecule has 0 saturated heterocycles. The van der Waals surface area contributed by atoms with Gasteiger partial charge in [0.1, 0.15) is 0 Å². The summed E-state index contributed by atoms with van der Waals surface area (Å²) in [6, 6.07) is 10.9. The van der Waals surface area contributed by atoms with Crippen molar-refractivity contribution in [1.29, 1.82) is 0 Å². The van der Waals surface area contributed by atoms with Gasteiger partial charge in [0.25, 0.3) is 0 Å². The van der Waals surface area contributed by atoms with Crippen LogP contribution in [0.3, 0.4) is 0 Å². The molecule has 1 atom stereocenters. The van der Waals surface area contributed by atoms with Gasteiger partial charge in [-0.2, -0.15) is 0 Å². The van der Waals surface area contributed by atoms with Gasteiger partial charge >= 0.3 is 0 Å². The summed E-state index contributed by atoms with van der Waals surface area (Å²) >= 11 is 3.67. The molecule has 2 nitrogen and oxygen atoms in total. The molecule has 0 saturated carbocycles. The summed E-state index contributed by atoms with van der Waals surface area (Å²) < 4.78 is 1.16. The van der Waals surface area contributed by atoms with Crippen molar-refractivity contribution in [3.63, 3.8) is 0 Å². The quantitative estimate of drug-likeness (QED) is 0.880. The molecule has 1 unspecified atom stereocenters.